The Morgan fingerprint density at radius 3 is 2.21 bits per heavy atom. The highest BCUT2D eigenvalue weighted by Crippen LogP contribution is 2.15. The van der Waals surface area contributed by atoms with Crippen LogP contribution in [0.2, 0.25) is 0 Å². The van der Waals surface area contributed by atoms with Crippen molar-refractivity contribution in [2.24, 2.45) is 0 Å². The molecule has 0 spiro atoms. The van der Waals surface area contributed by atoms with Gasteiger partial charge in [-0.15, -0.1) is 0 Å². The summed E-state index contributed by atoms with van der Waals surface area (Å²) >= 11 is 0. The van der Waals surface area contributed by atoms with Gasteiger partial charge < -0.3 is 5.73 Å². The van der Waals surface area contributed by atoms with E-state index in [0.29, 0.717) is 11.4 Å². The second kappa shape index (κ2) is 4.85. The van der Waals surface area contributed by atoms with Crippen LogP contribution in [0.4, 0.5) is 11.6 Å². The molecule has 0 radical (unpaired) electrons. The Morgan fingerprint density at radius 1 is 1.16 bits per heavy atom. The van der Waals surface area contributed by atoms with E-state index in [0.717, 1.165) is 0 Å². The van der Waals surface area contributed by atoms with Crippen molar-refractivity contribution in [3.63, 3.8) is 0 Å². The van der Waals surface area contributed by atoms with Gasteiger partial charge in [0.25, 0.3) is 10.0 Å². The fourth-order valence-corrected chi connectivity index (χ4v) is 2.19. The minimum Gasteiger partial charge on any atom is -0.399 e. The molecule has 0 fully saturated rings. The zero-order valence-corrected chi connectivity index (χ0v) is 11.1. The molecule has 0 aliphatic rings. The van der Waals surface area contributed by atoms with Gasteiger partial charge in [0.2, 0.25) is 5.95 Å². The summed E-state index contributed by atoms with van der Waals surface area (Å²) in [5, 5.41) is 0. The monoisotopic (exact) mass is 282 g/mol. The molecule has 1 aromatic heterocycles. The molecule has 0 atom stereocenters. The number of nitrogens with one attached hydrogen (secondary N) is 1. The number of rotatable bonds is 3. The number of anilines is 2. The van der Waals surface area contributed by atoms with Gasteiger partial charge in [-0.2, -0.15) is 0 Å². The van der Waals surface area contributed by atoms with Crippen LogP contribution in [0.25, 0.3) is 0 Å². The molecule has 100 valence electrons. The summed E-state index contributed by atoms with van der Waals surface area (Å²) in [5.74, 6) is -0.212. The van der Waals surface area contributed by atoms with Gasteiger partial charge in [0.05, 0.1) is 10.4 Å². The first kappa shape index (κ1) is 8.87. The summed E-state index contributed by atoms with van der Waals surface area (Å²) in [7, 11) is -4.42. The molecule has 0 bridgehead atoms. The van der Waals surface area contributed by atoms with Gasteiger partial charge in [-0.1, -0.05) is 0 Å². The van der Waals surface area contributed by atoms with Gasteiger partial charge in [-0.3, -0.25) is 0 Å². The molecule has 3 N–H and O–H groups in total. The van der Waals surface area contributed by atoms with Crippen molar-refractivity contribution < 1.29 is 13.9 Å². The lowest BCUT2D eigenvalue weighted by Crippen LogP contribution is -2.15. The van der Waals surface area contributed by atoms with Crippen LogP contribution >= 0.6 is 0 Å². The predicted molar refractivity (Wildman–Crippen MR) is 73.2 cm³/mol. The lowest BCUT2D eigenvalue weighted by Gasteiger charge is -2.08. The van der Waals surface area contributed by atoms with Crippen LogP contribution < -0.4 is 10.5 Å². The Hall–Kier alpha value is -2.15. The zero-order valence-electron chi connectivity index (χ0n) is 14.3. The van der Waals surface area contributed by atoms with Gasteiger partial charge in [-0.05, 0) is 44.1 Å². The second-order valence-electron chi connectivity index (χ2n) is 3.82. The maximum atomic E-state index is 12.4. The van der Waals surface area contributed by atoms with Crippen molar-refractivity contribution >= 4 is 21.7 Å². The third kappa shape index (κ3) is 3.19. The van der Waals surface area contributed by atoms with E-state index in [1.807, 2.05) is 0 Å². The van der Waals surface area contributed by atoms with Crippen LogP contribution in [-0.2, 0) is 10.0 Å². The van der Waals surface area contributed by atoms with Crippen LogP contribution in [0.5, 0.6) is 0 Å². The summed E-state index contributed by atoms with van der Waals surface area (Å²) in [6.07, 6.45) is 0. The van der Waals surface area contributed by atoms with Crippen molar-refractivity contribution in [3.8, 4) is 0 Å². The molecular formula is C12H14N4O2S. The van der Waals surface area contributed by atoms with E-state index in [1.165, 1.54) is 0 Å². The van der Waals surface area contributed by atoms with Crippen LogP contribution in [0.3, 0.4) is 0 Å². The minimum absolute atomic E-state index is 0.212. The maximum absolute atomic E-state index is 12.4. The lowest BCUT2D eigenvalue weighted by atomic mass is 10.3. The number of aryl methyl sites for hydroxylation is 2. The number of benzene rings is 1. The highest BCUT2D eigenvalue weighted by molar-refractivity contribution is 7.92. The molecule has 1 aromatic carbocycles. The number of nitrogens with two attached hydrogens (primary N) is 1. The number of hydrogen-bond donors (Lipinski definition) is 2. The molecule has 1 heterocycles. The molecular weight excluding hydrogens is 264 g/mol. The SMILES string of the molecule is [2H]c1c([2H])c(S(=O)(=O)Nc2nc(C)cc(C)n2)c([2H])c([2H])c1N. The lowest BCUT2D eigenvalue weighted by molar-refractivity contribution is 0.601. The standard InChI is InChI=1S/C12H14N4O2S/c1-8-7-9(2)15-12(14-8)16-19(17,18)11-5-3-10(13)4-6-11/h3-7H,13H2,1-2H3,(H,14,15,16)/i3D,4D,5D,6D. The third-order valence-electron chi connectivity index (χ3n) is 2.10. The summed E-state index contributed by atoms with van der Waals surface area (Å²) in [6.45, 7) is 3.32. The Labute approximate surface area is 117 Å². The first-order chi connectivity index (χ1) is 10.5. The fraction of sp³-hybridized carbons (Fsp3) is 0.167. The average molecular weight is 282 g/mol. The molecule has 2 aromatic rings. The molecule has 0 aliphatic carbocycles. The van der Waals surface area contributed by atoms with Crippen LogP contribution in [0.15, 0.2) is 35.1 Å². The van der Waals surface area contributed by atoms with Gasteiger partial charge in [-0.25, -0.2) is 23.1 Å². The van der Waals surface area contributed by atoms with Crippen molar-refractivity contribution in [2.45, 2.75) is 18.7 Å². The normalized spacial score (nSPS) is 14.2. The van der Waals surface area contributed by atoms with Crippen molar-refractivity contribution in [3.05, 3.63) is 41.6 Å². The Bertz CT molecular complexity index is 853. The van der Waals surface area contributed by atoms with Gasteiger partial charge in [0, 0.05) is 17.1 Å². The highest BCUT2D eigenvalue weighted by Gasteiger charge is 2.15. The molecule has 2 rings (SSSR count). The van der Waals surface area contributed by atoms with Crippen LogP contribution in [0, 0.1) is 13.8 Å². The average Bonchev–Trinajstić information content (AvgIpc) is 2.41. The van der Waals surface area contributed by atoms with E-state index in [9.17, 15) is 8.42 Å². The van der Waals surface area contributed by atoms with E-state index in [-0.39, 0.29) is 5.95 Å². The number of hydrogen-bond acceptors (Lipinski definition) is 5. The molecule has 0 saturated carbocycles. The van der Waals surface area contributed by atoms with E-state index >= 15 is 0 Å². The quantitative estimate of drug-likeness (QED) is 0.831. The first-order valence-electron chi connectivity index (χ1n) is 7.25. The molecule has 7 heteroatoms. The van der Waals surface area contributed by atoms with E-state index in [4.69, 9.17) is 11.2 Å². The van der Waals surface area contributed by atoms with Gasteiger partial charge in [0.15, 0.2) is 0 Å². The van der Waals surface area contributed by atoms with E-state index in [1.54, 1.807) is 19.9 Å². The third-order valence-corrected chi connectivity index (χ3v) is 3.29. The topological polar surface area (TPSA) is 98.0 Å². The van der Waals surface area contributed by atoms with Crippen molar-refractivity contribution in [1.82, 2.24) is 9.97 Å². The number of sulfonamides is 1. The van der Waals surface area contributed by atoms with Crippen LogP contribution in [-0.4, -0.2) is 18.4 Å². The molecule has 0 amide bonds. The molecule has 0 saturated heterocycles. The summed E-state index contributed by atoms with van der Waals surface area (Å²) in [4.78, 5) is 7.05. The van der Waals surface area contributed by atoms with E-state index < -0.39 is 44.8 Å². The molecule has 6 nitrogen and oxygen atoms in total. The van der Waals surface area contributed by atoms with E-state index in [2.05, 4.69) is 14.7 Å². The second-order valence-corrected chi connectivity index (χ2v) is 5.44. The maximum Gasteiger partial charge on any atom is 0.264 e. The molecule has 19 heavy (non-hydrogen) atoms. The smallest absolute Gasteiger partial charge is 0.264 e. The summed E-state index contributed by atoms with van der Waals surface area (Å²) in [6, 6.07) is -1.09. The van der Waals surface area contributed by atoms with Gasteiger partial charge in [0.1, 0.15) is 0 Å². The predicted octanol–water partition coefficient (Wildman–Crippen LogP) is 1.48. The number of aromatic nitrogens is 2. The summed E-state index contributed by atoms with van der Waals surface area (Å²) < 4.78 is 57.7. The summed E-state index contributed by atoms with van der Waals surface area (Å²) in [5.41, 5.74) is 6.09. The van der Waals surface area contributed by atoms with Gasteiger partial charge >= 0.3 is 0 Å². The Kier molecular flexibility index (Phi) is 2.26. The number of nitrogen functional groups attached to an aromatic ring is 1. The largest absolute Gasteiger partial charge is 0.399 e. The fourth-order valence-electron chi connectivity index (χ4n) is 1.39. The first-order valence-corrected chi connectivity index (χ1v) is 6.74. The van der Waals surface area contributed by atoms with Crippen molar-refractivity contribution in [2.75, 3.05) is 10.5 Å². The Balaban J connectivity index is 2.61. The van der Waals surface area contributed by atoms with Crippen LogP contribution in [0.1, 0.15) is 16.9 Å². The highest BCUT2D eigenvalue weighted by atomic mass is 32.2. The molecule has 0 unspecified atom stereocenters. The minimum atomic E-state index is -4.42. The molecule has 0 aliphatic heterocycles. The Morgan fingerprint density at radius 2 is 1.68 bits per heavy atom. The number of nitrogens with zero attached hydrogens (tertiary/aromatic N) is 2. The zero-order chi connectivity index (χ0) is 17.5. The van der Waals surface area contributed by atoms with Crippen molar-refractivity contribution in [1.29, 1.82) is 0 Å².